The van der Waals surface area contributed by atoms with Crippen molar-refractivity contribution in [2.75, 3.05) is 18.8 Å². The molecule has 0 saturated carbocycles. The van der Waals surface area contributed by atoms with E-state index in [1.807, 2.05) is 31.5 Å². The molecule has 7 nitrogen and oxygen atoms in total. The number of rotatable bonds is 10. The van der Waals surface area contributed by atoms with Crippen LogP contribution in [-0.4, -0.2) is 47.0 Å². The Bertz CT molecular complexity index is 1200. The lowest BCUT2D eigenvalue weighted by Gasteiger charge is -2.18. The predicted molar refractivity (Wildman–Crippen MR) is 132 cm³/mol. The number of thioether (sulfide) groups is 1. The maximum Gasteiger partial charge on any atom is 0.243 e. The zero-order valence-corrected chi connectivity index (χ0v) is 21.0. The fourth-order valence-corrected chi connectivity index (χ4v) is 5.69. The van der Waals surface area contributed by atoms with Crippen LogP contribution in [0.3, 0.4) is 0 Å². The maximum atomic E-state index is 12.6. The SMILES string of the molecule is CCN(CC)S(=O)(=O)c1ccc(CNC(=O)CSc2nccn2-c2cc(C)ccc2C)cc1. The van der Waals surface area contributed by atoms with Gasteiger partial charge in [-0.2, -0.15) is 4.31 Å². The quantitative estimate of drug-likeness (QED) is 0.439. The van der Waals surface area contributed by atoms with Crippen LogP contribution in [0.25, 0.3) is 5.69 Å². The highest BCUT2D eigenvalue weighted by molar-refractivity contribution is 7.99. The van der Waals surface area contributed by atoms with Crippen LogP contribution < -0.4 is 5.32 Å². The van der Waals surface area contributed by atoms with Crippen LogP contribution in [0.1, 0.15) is 30.5 Å². The van der Waals surface area contributed by atoms with E-state index in [9.17, 15) is 13.2 Å². The molecule has 0 aliphatic heterocycles. The van der Waals surface area contributed by atoms with Crippen molar-refractivity contribution in [2.45, 2.75) is 44.3 Å². The van der Waals surface area contributed by atoms with Crippen LogP contribution in [0, 0.1) is 13.8 Å². The number of benzene rings is 2. The van der Waals surface area contributed by atoms with E-state index in [2.05, 4.69) is 35.4 Å². The third-order valence-corrected chi connectivity index (χ3v) is 8.35. The number of hydrogen-bond acceptors (Lipinski definition) is 5. The number of carbonyl (C=O) groups excluding carboxylic acids is 1. The summed E-state index contributed by atoms with van der Waals surface area (Å²) in [6.07, 6.45) is 3.63. The third kappa shape index (κ3) is 6.04. The lowest BCUT2D eigenvalue weighted by Crippen LogP contribution is -2.30. The largest absolute Gasteiger partial charge is 0.351 e. The Hall–Kier alpha value is -2.62. The molecule has 0 aliphatic rings. The molecule has 2 aromatic carbocycles. The highest BCUT2D eigenvalue weighted by atomic mass is 32.2. The summed E-state index contributed by atoms with van der Waals surface area (Å²) in [6, 6.07) is 12.9. The molecule has 1 heterocycles. The molecule has 0 aliphatic carbocycles. The van der Waals surface area contributed by atoms with E-state index in [-0.39, 0.29) is 16.6 Å². The molecule has 1 N–H and O–H groups in total. The number of aromatic nitrogens is 2. The standard InChI is InChI=1S/C24H30N4O3S2/c1-5-27(6-2)33(30,31)21-11-9-20(10-12-21)16-26-23(29)17-32-24-25-13-14-28(24)22-15-18(3)7-8-19(22)4/h7-15H,5-6,16-17H2,1-4H3,(H,26,29). The van der Waals surface area contributed by atoms with Gasteiger partial charge in [0.25, 0.3) is 0 Å². The van der Waals surface area contributed by atoms with Crippen LogP contribution in [-0.2, 0) is 21.4 Å². The minimum atomic E-state index is -3.48. The number of aryl methyl sites for hydroxylation is 2. The van der Waals surface area contributed by atoms with Gasteiger partial charge in [-0.25, -0.2) is 13.4 Å². The van der Waals surface area contributed by atoms with E-state index in [1.165, 1.54) is 16.1 Å². The molecule has 176 valence electrons. The van der Waals surface area contributed by atoms with Gasteiger partial charge in [0.2, 0.25) is 15.9 Å². The Morgan fingerprint density at radius 1 is 1.09 bits per heavy atom. The van der Waals surface area contributed by atoms with Gasteiger partial charge in [-0.3, -0.25) is 9.36 Å². The number of carbonyl (C=O) groups is 1. The summed E-state index contributed by atoms with van der Waals surface area (Å²) in [6.45, 7) is 8.91. The van der Waals surface area contributed by atoms with Gasteiger partial charge in [-0.1, -0.05) is 49.9 Å². The van der Waals surface area contributed by atoms with Crippen molar-refractivity contribution in [3.63, 3.8) is 0 Å². The van der Waals surface area contributed by atoms with E-state index in [4.69, 9.17) is 0 Å². The lowest BCUT2D eigenvalue weighted by molar-refractivity contribution is -0.118. The normalized spacial score (nSPS) is 11.7. The highest BCUT2D eigenvalue weighted by Crippen LogP contribution is 2.23. The molecule has 0 saturated heterocycles. The average Bonchev–Trinajstić information content (AvgIpc) is 3.27. The molecule has 0 spiro atoms. The molecule has 3 rings (SSSR count). The summed E-state index contributed by atoms with van der Waals surface area (Å²) in [5, 5.41) is 3.64. The summed E-state index contributed by atoms with van der Waals surface area (Å²) in [5.41, 5.74) is 4.18. The molecular formula is C24H30N4O3S2. The van der Waals surface area contributed by atoms with Crippen molar-refractivity contribution in [3.8, 4) is 5.69 Å². The highest BCUT2D eigenvalue weighted by Gasteiger charge is 2.21. The molecule has 9 heteroatoms. The second-order valence-electron chi connectivity index (χ2n) is 7.67. The Balaban J connectivity index is 1.57. The second kappa shape index (κ2) is 11.0. The van der Waals surface area contributed by atoms with Crippen LogP contribution in [0.15, 0.2) is 64.9 Å². The zero-order chi connectivity index (χ0) is 24.0. The second-order valence-corrected chi connectivity index (χ2v) is 10.5. The van der Waals surface area contributed by atoms with Gasteiger partial charge < -0.3 is 5.32 Å². The Labute approximate surface area is 200 Å². The number of sulfonamides is 1. The number of amides is 1. The average molecular weight is 487 g/mol. The monoisotopic (exact) mass is 486 g/mol. The van der Waals surface area contributed by atoms with Crippen molar-refractivity contribution in [3.05, 3.63) is 71.5 Å². The van der Waals surface area contributed by atoms with Crippen molar-refractivity contribution < 1.29 is 13.2 Å². The van der Waals surface area contributed by atoms with E-state index in [1.54, 1.807) is 30.5 Å². The van der Waals surface area contributed by atoms with Crippen molar-refractivity contribution in [2.24, 2.45) is 0 Å². The van der Waals surface area contributed by atoms with E-state index >= 15 is 0 Å². The first-order chi connectivity index (χ1) is 15.8. The van der Waals surface area contributed by atoms with Crippen molar-refractivity contribution in [1.29, 1.82) is 0 Å². The Morgan fingerprint density at radius 2 is 1.79 bits per heavy atom. The van der Waals surface area contributed by atoms with Gasteiger partial charge in [-0.15, -0.1) is 0 Å². The van der Waals surface area contributed by atoms with Gasteiger partial charge in [-0.05, 0) is 48.7 Å². The molecule has 0 fully saturated rings. The minimum Gasteiger partial charge on any atom is -0.351 e. The minimum absolute atomic E-state index is 0.115. The molecule has 1 amide bonds. The van der Waals surface area contributed by atoms with Crippen LogP contribution in [0.5, 0.6) is 0 Å². The molecular weight excluding hydrogens is 456 g/mol. The van der Waals surface area contributed by atoms with Crippen molar-refractivity contribution in [1.82, 2.24) is 19.2 Å². The fourth-order valence-electron chi connectivity index (χ4n) is 3.43. The number of hydrogen-bond donors (Lipinski definition) is 1. The smallest absolute Gasteiger partial charge is 0.243 e. The number of nitrogens with one attached hydrogen (secondary N) is 1. The van der Waals surface area contributed by atoms with Crippen LogP contribution >= 0.6 is 11.8 Å². The maximum absolute atomic E-state index is 12.6. The molecule has 0 unspecified atom stereocenters. The summed E-state index contributed by atoms with van der Waals surface area (Å²) < 4.78 is 28.6. The third-order valence-electron chi connectivity index (χ3n) is 5.32. The molecule has 1 aromatic heterocycles. The number of nitrogens with zero attached hydrogens (tertiary/aromatic N) is 3. The molecule has 0 bridgehead atoms. The topological polar surface area (TPSA) is 84.3 Å². The lowest BCUT2D eigenvalue weighted by atomic mass is 10.1. The van der Waals surface area contributed by atoms with Crippen LogP contribution in [0.4, 0.5) is 0 Å². The zero-order valence-electron chi connectivity index (χ0n) is 19.4. The molecule has 0 atom stereocenters. The molecule has 3 aromatic rings. The Morgan fingerprint density at radius 3 is 2.45 bits per heavy atom. The summed E-state index contributed by atoms with van der Waals surface area (Å²) >= 11 is 1.38. The first-order valence-corrected chi connectivity index (χ1v) is 13.3. The Kier molecular flexibility index (Phi) is 8.34. The van der Waals surface area contributed by atoms with Gasteiger partial charge in [0.15, 0.2) is 5.16 Å². The summed E-state index contributed by atoms with van der Waals surface area (Å²) in [4.78, 5) is 17.1. The first kappa shape index (κ1) is 25.0. The van der Waals surface area contributed by atoms with E-state index < -0.39 is 10.0 Å². The van der Waals surface area contributed by atoms with Gasteiger partial charge in [0.1, 0.15) is 0 Å². The summed E-state index contributed by atoms with van der Waals surface area (Å²) in [5.74, 6) is 0.117. The molecule has 0 radical (unpaired) electrons. The van der Waals surface area contributed by atoms with Crippen LogP contribution in [0.2, 0.25) is 0 Å². The first-order valence-electron chi connectivity index (χ1n) is 10.9. The van der Waals surface area contributed by atoms with Crippen molar-refractivity contribution >= 4 is 27.7 Å². The van der Waals surface area contributed by atoms with E-state index in [0.29, 0.717) is 19.6 Å². The number of imidazole rings is 1. The van der Waals surface area contributed by atoms with E-state index in [0.717, 1.165) is 27.5 Å². The predicted octanol–water partition coefficient (Wildman–Crippen LogP) is 3.93. The fraction of sp³-hybridized carbons (Fsp3) is 0.333. The molecule has 33 heavy (non-hydrogen) atoms. The summed E-state index contributed by atoms with van der Waals surface area (Å²) in [7, 11) is -3.48. The van der Waals surface area contributed by atoms with Gasteiger partial charge >= 0.3 is 0 Å². The van der Waals surface area contributed by atoms with Gasteiger partial charge in [0.05, 0.1) is 16.3 Å². The van der Waals surface area contributed by atoms with Gasteiger partial charge in [0, 0.05) is 32.0 Å².